The second-order valence-electron chi connectivity index (χ2n) is 13.8. The van der Waals surface area contributed by atoms with E-state index in [2.05, 4.69) is 55.8 Å². The Bertz CT molecular complexity index is 2280. The summed E-state index contributed by atoms with van der Waals surface area (Å²) in [4.78, 5) is 25.0. The van der Waals surface area contributed by atoms with Gasteiger partial charge in [0.05, 0.1) is 23.9 Å². The summed E-state index contributed by atoms with van der Waals surface area (Å²) in [5.74, 6) is 0.248. The van der Waals surface area contributed by atoms with Crippen LogP contribution in [0.1, 0.15) is 60.3 Å². The van der Waals surface area contributed by atoms with Crippen molar-refractivity contribution in [3.8, 4) is 5.75 Å². The first-order valence-corrected chi connectivity index (χ1v) is 17.3. The fraction of sp³-hybridized carbons (Fsp3) is 0.279. The van der Waals surface area contributed by atoms with Gasteiger partial charge in [0.25, 0.3) is 0 Å². The number of ether oxygens (including phenoxy) is 1. The number of furan rings is 1. The molecule has 1 aliphatic rings. The molecule has 0 bridgehead atoms. The molecule has 3 heterocycles. The van der Waals surface area contributed by atoms with E-state index in [1.165, 1.54) is 36.5 Å². The fourth-order valence-corrected chi connectivity index (χ4v) is 6.79. The van der Waals surface area contributed by atoms with Crippen LogP contribution in [0.25, 0.3) is 32.8 Å². The second kappa shape index (κ2) is 15.0. The number of aromatic nitrogens is 1. The Morgan fingerprint density at radius 1 is 1.02 bits per heavy atom. The molecule has 2 aromatic carbocycles. The SMILES string of the molecule is CC1=C(/C=C/C(C)=C/C=C/C(C)=C/C(=O)Nc2cc[n+](CCCOc3c4occc4cc4ccc(=O)oc34)c3ccccc23)C(C)(C)CCC1. The first-order valence-electron chi connectivity index (χ1n) is 17.3. The van der Waals surface area contributed by atoms with E-state index in [1.54, 1.807) is 18.4 Å². The molecule has 6 rings (SSSR count). The topological polar surface area (TPSA) is 85.6 Å². The van der Waals surface area contributed by atoms with Crippen LogP contribution < -0.4 is 20.2 Å². The Kier molecular flexibility index (Phi) is 10.3. The minimum absolute atomic E-state index is 0.183. The van der Waals surface area contributed by atoms with Crippen molar-refractivity contribution < 1.29 is 22.9 Å². The predicted molar refractivity (Wildman–Crippen MR) is 201 cm³/mol. The molecule has 0 aliphatic heterocycles. The van der Waals surface area contributed by atoms with Gasteiger partial charge in [0.1, 0.15) is 0 Å². The van der Waals surface area contributed by atoms with Gasteiger partial charge in [0.2, 0.25) is 17.2 Å². The molecule has 0 radical (unpaired) electrons. The highest BCUT2D eigenvalue weighted by atomic mass is 16.5. The number of benzene rings is 2. The van der Waals surface area contributed by atoms with Gasteiger partial charge < -0.3 is 18.9 Å². The monoisotopic (exact) mass is 669 g/mol. The number of para-hydroxylation sites is 1. The van der Waals surface area contributed by atoms with Crippen LogP contribution in [0, 0.1) is 5.41 Å². The maximum absolute atomic E-state index is 13.0. The zero-order valence-electron chi connectivity index (χ0n) is 29.5. The summed E-state index contributed by atoms with van der Waals surface area (Å²) in [7, 11) is 0. The van der Waals surface area contributed by atoms with Crippen molar-refractivity contribution in [3.05, 3.63) is 136 Å². The summed E-state index contributed by atoms with van der Waals surface area (Å²) in [6.45, 7) is 12.0. The number of nitrogens with zero attached hydrogens (tertiary/aromatic N) is 1. The lowest BCUT2D eigenvalue weighted by Crippen LogP contribution is -2.35. The summed E-state index contributed by atoms with van der Waals surface area (Å²) < 4.78 is 19.5. The number of aryl methyl sites for hydroxylation is 1. The summed E-state index contributed by atoms with van der Waals surface area (Å²) in [6.07, 6.45) is 20.0. The van der Waals surface area contributed by atoms with E-state index in [1.807, 2.05) is 67.7 Å². The molecule has 0 unspecified atom stereocenters. The van der Waals surface area contributed by atoms with Crippen molar-refractivity contribution in [3.63, 3.8) is 0 Å². The third-order valence-corrected chi connectivity index (χ3v) is 9.39. The molecule has 256 valence electrons. The number of allylic oxidation sites excluding steroid dienone is 9. The van der Waals surface area contributed by atoms with Gasteiger partial charge in [0.15, 0.2) is 23.9 Å². The highest BCUT2D eigenvalue weighted by Crippen LogP contribution is 2.41. The van der Waals surface area contributed by atoms with Crippen molar-refractivity contribution in [1.29, 1.82) is 0 Å². The molecule has 0 fully saturated rings. The normalized spacial score (nSPS) is 15.6. The van der Waals surface area contributed by atoms with Gasteiger partial charge >= 0.3 is 5.63 Å². The number of carbonyl (C=O) groups is 1. The van der Waals surface area contributed by atoms with Crippen molar-refractivity contribution in [1.82, 2.24) is 0 Å². The van der Waals surface area contributed by atoms with E-state index >= 15 is 0 Å². The molecular weight excluding hydrogens is 624 g/mol. The Balaban J connectivity index is 1.08. The Labute approximate surface area is 292 Å². The molecule has 3 aromatic heterocycles. The van der Waals surface area contributed by atoms with Crippen LogP contribution in [-0.2, 0) is 11.3 Å². The highest BCUT2D eigenvalue weighted by Gasteiger charge is 2.26. The van der Waals surface area contributed by atoms with E-state index in [0.717, 1.165) is 38.5 Å². The van der Waals surface area contributed by atoms with Crippen molar-refractivity contribution in [2.75, 3.05) is 11.9 Å². The largest absolute Gasteiger partial charge is 0.486 e. The number of anilines is 1. The summed E-state index contributed by atoms with van der Waals surface area (Å²) in [5, 5.41) is 5.66. The van der Waals surface area contributed by atoms with Crippen LogP contribution in [0.5, 0.6) is 5.75 Å². The van der Waals surface area contributed by atoms with Crippen molar-refractivity contribution in [2.45, 2.75) is 66.8 Å². The first-order chi connectivity index (χ1) is 24.1. The molecular formula is C43H45N2O5+. The average molecular weight is 670 g/mol. The van der Waals surface area contributed by atoms with E-state index in [4.69, 9.17) is 13.6 Å². The molecule has 1 aliphatic carbocycles. The van der Waals surface area contributed by atoms with Gasteiger partial charge in [-0.3, -0.25) is 4.79 Å². The van der Waals surface area contributed by atoms with Crippen LogP contribution in [-0.4, -0.2) is 12.5 Å². The zero-order valence-corrected chi connectivity index (χ0v) is 29.5. The lowest BCUT2D eigenvalue weighted by atomic mass is 9.72. The summed E-state index contributed by atoms with van der Waals surface area (Å²) in [6, 6.07) is 16.8. The predicted octanol–water partition coefficient (Wildman–Crippen LogP) is 9.92. The van der Waals surface area contributed by atoms with Crippen molar-refractivity contribution in [2.24, 2.45) is 5.41 Å². The molecule has 7 heteroatoms. The number of hydrogen-bond donors (Lipinski definition) is 1. The van der Waals surface area contributed by atoms with Gasteiger partial charge in [-0.2, -0.15) is 4.57 Å². The Morgan fingerprint density at radius 2 is 1.84 bits per heavy atom. The number of hydrogen-bond acceptors (Lipinski definition) is 5. The number of pyridine rings is 1. The zero-order chi connectivity index (χ0) is 35.3. The van der Waals surface area contributed by atoms with Gasteiger partial charge in [-0.25, -0.2) is 4.79 Å². The molecule has 1 amide bonds. The second-order valence-corrected chi connectivity index (χ2v) is 13.8. The molecule has 0 saturated heterocycles. The maximum Gasteiger partial charge on any atom is 0.336 e. The Hall–Kier alpha value is -5.43. The maximum atomic E-state index is 13.0. The first kappa shape index (κ1) is 34.4. The highest BCUT2D eigenvalue weighted by molar-refractivity contribution is 6.05. The van der Waals surface area contributed by atoms with Crippen LogP contribution in [0.4, 0.5) is 5.69 Å². The molecule has 1 N–H and O–H groups in total. The van der Waals surface area contributed by atoms with E-state index < -0.39 is 5.63 Å². The third-order valence-electron chi connectivity index (χ3n) is 9.39. The van der Waals surface area contributed by atoms with Crippen LogP contribution in [0.15, 0.2) is 139 Å². The van der Waals surface area contributed by atoms with E-state index in [-0.39, 0.29) is 11.3 Å². The van der Waals surface area contributed by atoms with Gasteiger partial charge in [-0.05, 0) is 80.9 Å². The third kappa shape index (κ3) is 7.89. The number of nitrogens with one attached hydrogen (secondary N) is 1. The lowest BCUT2D eigenvalue weighted by molar-refractivity contribution is -0.671. The molecule has 0 saturated carbocycles. The van der Waals surface area contributed by atoms with Crippen molar-refractivity contribution >= 4 is 44.4 Å². The number of fused-ring (bicyclic) bond motifs is 3. The molecule has 7 nitrogen and oxygen atoms in total. The minimum Gasteiger partial charge on any atom is -0.486 e. The van der Waals surface area contributed by atoms with Gasteiger partial charge in [-0.1, -0.05) is 67.5 Å². The number of carbonyl (C=O) groups excluding carboxylic acids is 1. The molecule has 50 heavy (non-hydrogen) atoms. The lowest BCUT2D eigenvalue weighted by Gasteiger charge is -2.32. The van der Waals surface area contributed by atoms with E-state index in [0.29, 0.717) is 36.5 Å². The number of rotatable bonds is 11. The van der Waals surface area contributed by atoms with E-state index in [9.17, 15) is 9.59 Å². The smallest absolute Gasteiger partial charge is 0.336 e. The number of amides is 1. The molecule has 5 aromatic rings. The fourth-order valence-electron chi connectivity index (χ4n) is 6.79. The summed E-state index contributed by atoms with van der Waals surface area (Å²) >= 11 is 0. The van der Waals surface area contributed by atoms with Crippen LogP contribution >= 0.6 is 0 Å². The summed E-state index contributed by atoms with van der Waals surface area (Å²) in [5.41, 5.74) is 7.40. The van der Waals surface area contributed by atoms with Crippen LogP contribution in [0.2, 0.25) is 0 Å². The minimum atomic E-state index is -0.442. The van der Waals surface area contributed by atoms with Gasteiger partial charge in [-0.15, -0.1) is 0 Å². The van der Waals surface area contributed by atoms with Gasteiger partial charge in [0, 0.05) is 41.5 Å². The average Bonchev–Trinajstić information content (AvgIpc) is 3.55. The standard InChI is InChI=1S/C43H44N2O5/c1-29(16-18-35-31(3)13-9-22-43(35,4)5)11-8-12-30(2)27-38(46)44-36-20-24-45(37-15-7-6-14-34(36)37)23-10-25-48-42-40-33(21-26-49-40)28-32-17-19-39(47)50-41(32)42/h6-8,11-12,14-21,24,26-28H,9-10,13,22-23,25H2,1-5H3/p+1/b12-8+,18-16+,29-11+,30-27+. The van der Waals surface area contributed by atoms with Crippen LogP contribution in [0.3, 0.4) is 0 Å². The molecule has 0 spiro atoms. The Morgan fingerprint density at radius 3 is 2.68 bits per heavy atom. The molecule has 0 atom stereocenters. The quantitative estimate of drug-likeness (QED) is 0.0498.